The molecule has 1 fully saturated rings. The highest BCUT2D eigenvalue weighted by molar-refractivity contribution is 6.24. The average molecular weight is 487 g/mol. The maximum atomic E-state index is 13.1. The monoisotopic (exact) mass is 486 g/mol. The van der Waals surface area contributed by atoms with Gasteiger partial charge >= 0.3 is 0 Å². The third-order valence-corrected chi connectivity index (χ3v) is 5.59. The van der Waals surface area contributed by atoms with Crippen LogP contribution in [0.15, 0.2) is 18.2 Å². The molecule has 1 saturated heterocycles. The number of nitrogens with zero attached hydrogens (tertiary/aromatic N) is 1. The van der Waals surface area contributed by atoms with Gasteiger partial charge in [-0.3, -0.25) is 29.4 Å². The van der Waals surface area contributed by atoms with E-state index in [0.29, 0.717) is 64.7 Å². The Kier molecular flexibility index (Phi) is 10.4. The van der Waals surface area contributed by atoms with Crippen molar-refractivity contribution in [1.82, 2.24) is 10.2 Å². The van der Waals surface area contributed by atoms with Crippen molar-refractivity contribution in [1.29, 1.82) is 0 Å². The molecule has 0 aliphatic carbocycles. The molecule has 188 valence electrons. The molecule has 1 aromatic carbocycles. The fourth-order valence-electron chi connectivity index (χ4n) is 3.95. The fourth-order valence-corrected chi connectivity index (χ4v) is 3.95. The van der Waals surface area contributed by atoms with Crippen LogP contribution in [0, 0.1) is 12.3 Å². The smallest absolute Gasteiger partial charge is 0.262 e. The fraction of sp³-hybridized carbons (Fsp3) is 0.520. The summed E-state index contributed by atoms with van der Waals surface area (Å²) in [5.74, 6) is 0.370. The number of aryl methyl sites for hydroxylation is 1. The van der Waals surface area contributed by atoms with E-state index < -0.39 is 29.7 Å². The molecule has 35 heavy (non-hydrogen) atoms. The highest BCUT2D eigenvalue weighted by Crippen LogP contribution is 2.30. The predicted octanol–water partition coefficient (Wildman–Crippen LogP) is 0.720. The number of hydrogen-bond donors (Lipinski definition) is 1. The summed E-state index contributed by atoms with van der Waals surface area (Å²) in [7, 11) is 0. The second kappa shape index (κ2) is 13.7. The van der Waals surface area contributed by atoms with Crippen molar-refractivity contribution in [2.24, 2.45) is 0 Å². The van der Waals surface area contributed by atoms with Gasteiger partial charge in [0, 0.05) is 13.0 Å². The first-order valence-electron chi connectivity index (χ1n) is 11.6. The summed E-state index contributed by atoms with van der Waals surface area (Å²) in [6.45, 7) is 3.44. The van der Waals surface area contributed by atoms with E-state index in [9.17, 15) is 19.2 Å². The minimum atomic E-state index is -0.969. The van der Waals surface area contributed by atoms with Gasteiger partial charge in [-0.1, -0.05) is 18.1 Å². The summed E-state index contributed by atoms with van der Waals surface area (Å²) in [6.07, 6.45) is 6.49. The van der Waals surface area contributed by atoms with E-state index in [-0.39, 0.29) is 25.0 Å². The number of ether oxygens (including phenoxy) is 4. The molecule has 2 aliphatic heterocycles. The summed E-state index contributed by atoms with van der Waals surface area (Å²) in [4.78, 5) is 50.6. The first-order valence-corrected chi connectivity index (χ1v) is 11.6. The maximum absolute atomic E-state index is 13.1. The Labute approximate surface area is 204 Å². The van der Waals surface area contributed by atoms with Crippen LogP contribution in [0.3, 0.4) is 0 Å². The average Bonchev–Trinajstić information content (AvgIpc) is 3.10. The SMILES string of the molecule is C#CCOCCOCCOCCOCCCc1cccc2c1C(=O)N(C1CCC(=O)NC1=O)C2=O. The van der Waals surface area contributed by atoms with Crippen LogP contribution in [-0.4, -0.2) is 87.4 Å². The van der Waals surface area contributed by atoms with E-state index in [0.717, 1.165) is 10.5 Å². The number of carbonyl (C=O) groups excluding carboxylic acids is 4. The number of terminal acetylenes is 1. The molecule has 4 amide bonds. The highest BCUT2D eigenvalue weighted by atomic mass is 16.6. The summed E-state index contributed by atoms with van der Waals surface area (Å²) >= 11 is 0. The van der Waals surface area contributed by atoms with Crippen LogP contribution in [0.4, 0.5) is 0 Å². The standard InChI is InChI=1S/C25H30N2O8/c1-2-10-32-12-14-34-16-17-35-15-13-33-11-4-6-18-5-3-7-19-22(18)25(31)27(24(19)30)20-8-9-21(28)26-23(20)29/h1,3,5,7,20H,4,6,8-17H2,(H,26,28,29). The molecule has 0 radical (unpaired) electrons. The topological polar surface area (TPSA) is 120 Å². The number of amides is 4. The van der Waals surface area contributed by atoms with Crippen LogP contribution in [0.1, 0.15) is 45.5 Å². The second-order valence-electron chi connectivity index (χ2n) is 7.98. The number of hydrogen-bond acceptors (Lipinski definition) is 8. The Bertz CT molecular complexity index is 971. The van der Waals surface area contributed by atoms with Crippen LogP contribution in [0.25, 0.3) is 0 Å². The molecule has 10 heteroatoms. The molecule has 1 unspecified atom stereocenters. The number of benzene rings is 1. The first-order chi connectivity index (χ1) is 17.0. The zero-order valence-electron chi connectivity index (χ0n) is 19.6. The number of nitrogens with one attached hydrogen (secondary N) is 1. The molecule has 10 nitrogen and oxygen atoms in total. The maximum Gasteiger partial charge on any atom is 0.262 e. The van der Waals surface area contributed by atoms with E-state index >= 15 is 0 Å². The molecule has 1 N–H and O–H groups in total. The number of rotatable bonds is 15. The molecule has 2 aliphatic rings. The van der Waals surface area contributed by atoms with Gasteiger partial charge in [-0.25, -0.2) is 0 Å². The number of fused-ring (bicyclic) bond motifs is 1. The Balaban J connectivity index is 1.36. The van der Waals surface area contributed by atoms with E-state index in [4.69, 9.17) is 25.4 Å². The number of imide groups is 2. The van der Waals surface area contributed by atoms with Crippen molar-refractivity contribution >= 4 is 23.6 Å². The van der Waals surface area contributed by atoms with Crippen molar-refractivity contribution in [2.75, 3.05) is 52.9 Å². The predicted molar refractivity (Wildman–Crippen MR) is 124 cm³/mol. The Hall–Kier alpha value is -3.10. The third-order valence-electron chi connectivity index (χ3n) is 5.59. The van der Waals surface area contributed by atoms with Gasteiger partial charge in [0.2, 0.25) is 11.8 Å². The Morgan fingerprint density at radius 3 is 2.23 bits per heavy atom. The van der Waals surface area contributed by atoms with Gasteiger partial charge in [-0.15, -0.1) is 6.42 Å². The summed E-state index contributed by atoms with van der Waals surface area (Å²) < 4.78 is 21.4. The lowest BCUT2D eigenvalue weighted by atomic mass is 9.99. The lowest BCUT2D eigenvalue weighted by Gasteiger charge is -2.27. The van der Waals surface area contributed by atoms with Gasteiger partial charge in [0.25, 0.3) is 11.8 Å². The van der Waals surface area contributed by atoms with Crippen molar-refractivity contribution < 1.29 is 38.1 Å². The zero-order chi connectivity index (χ0) is 25.0. The van der Waals surface area contributed by atoms with Crippen LogP contribution in [0.5, 0.6) is 0 Å². The largest absolute Gasteiger partial charge is 0.379 e. The van der Waals surface area contributed by atoms with Crippen LogP contribution >= 0.6 is 0 Å². The van der Waals surface area contributed by atoms with E-state index in [2.05, 4.69) is 11.2 Å². The van der Waals surface area contributed by atoms with E-state index in [1.165, 1.54) is 0 Å². The van der Waals surface area contributed by atoms with Crippen molar-refractivity contribution in [2.45, 2.75) is 31.7 Å². The molecule has 0 aromatic heterocycles. The molecule has 1 atom stereocenters. The summed E-state index contributed by atoms with van der Waals surface area (Å²) in [5.41, 5.74) is 1.35. The van der Waals surface area contributed by atoms with E-state index in [1.54, 1.807) is 18.2 Å². The van der Waals surface area contributed by atoms with Crippen LogP contribution in [0.2, 0.25) is 0 Å². The zero-order valence-corrected chi connectivity index (χ0v) is 19.6. The molecule has 0 spiro atoms. The molecular formula is C25H30N2O8. The Morgan fingerprint density at radius 1 is 0.914 bits per heavy atom. The summed E-state index contributed by atoms with van der Waals surface area (Å²) in [5, 5.41) is 2.20. The van der Waals surface area contributed by atoms with Gasteiger partial charge in [0.05, 0.1) is 50.8 Å². The minimum Gasteiger partial charge on any atom is -0.379 e. The van der Waals surface area contributed by atoms with Crippen LogP contribution in [-0.2, 0) is 35.0 Å². The molecule has 0 bridgehead atoms. The van der Waals surface area contributed by atoms with Crippen LogP contribution < -0.4 is 5.32 Å². The molecular weight excluding hydrogens is 456 g/mol. The second-order valence-corrected chi connectivity index (χ2v) is 7.98. The van der Waals surface area contributed by atoms with Gasteiger partial charge < -0.3 is 18.9 Å². The van der Waals surface area contributed by atoms with Gasteiger partial charge in [-0.05, 0) is 30.9 Å². The van der Waals surface area contributed by atoms with Gasteiger partial charge in [-0.2, -0.15) is 0 Å². The van der Waals surface area contributed by atoms with Crippen molar-refractivity contribution in [3.8, 4) is 12.3 Å². The van der Waals surface area contributed by atoms with Crippen molar-refractivity contribution in [3.63, 3.8) is 0 Å². The first kappa shape index (κ1) is 26.5. The van der Waals surface area contributed by atoms with Gasteiger partial charge in [0.15, 0.2) is 0 Å². The Morgan fingerprint density at radius 2 is 1.57 bits per heavy atom. The van der Waals surface area contributed by atoms with E-state index in [1.807, 2.05) is 0 Å². The normalized spacial score (nSPS) is 17.5. The molecule has 1 aromatic rings. The third kappa shape index (κ3) is 7.19. The minimum absolute atomic E-state index is 0.0901. The number of carbonyl (C=O) groups is 4. The number of piperidine rings is 1. The van der Waals surface area contributed by atoms with Gasteiger partial charge in [0.1, 0.15) is 12.6 Å². The molecule has 0 saturated carbocycles. The lowest BCUT2D eigenvalue weighted by Crippen LogP contribution is -2.54. The lowest BCUT2D eigenvalue weighted by molar-refractivity contribution is -0.136. The quantitative estimate of drug-likeness (QED) is 0.219. The summed E-state index contributed by atoms with van der Waals surface area (Å²) in [6, 6.07) is 4.15. The molecule has 3 rings (SSSR count). The highest BCUT2D eigenvalue weighted by Gasteiger charge is 2.45. The van der Waals surface area contributed by atoms with Crippen molar-refractivity contribution in [3.05, 3.63) is 34.9 Å². The molecule has 2 heterocycles.